The van der Waals surface area contributed by atoms with Crippen LogP contribution in [0.3, 0.4) is 0 Å². The molecule has 0 bridgehead atoms. The molecule has 280 valence electrons. The number of hydrogen-bond donors (Lipinski definition) is 10. The van der Waals surface area contributed by atoms with Gasteiger partial charge < -0.3 is 88.8 Å². The molecule has 0 radical (unpaired) electrons. The van der Waals surface area contributed by atoms with E-state index >= 15 is 0 Å². The van der Waals surface area contributed by atoms with E-state index in [1.54, 1.807) is 0 Å². The summed E-state index contributed by atoms with van der Waals surface area (Å²) < 4.78 is 46.4. The average Bonchev–Trinajstić information content (AvgIpc) is 3.52. The fourth-order valence-corrected chi connectivity index (χ4v) is 6.26. The predicted octanol–water partition coefficient (Wildman–Crippen LogP) is -4.02. The first-order chi connectivity index (χ1) is 23.0. The molecule has 19 nitrogen and oxygen atoms in total. The fourth-order valence-electron chi connectivity index (χ4n) is 6.26. The van der Waals surface area contributed by atoms with Crippen molar-refractivity contribution in [2.75, 3.05) is 0 Å². The summed E-state index contributed by atoms with van der Waals surface area (Å²) in [5.74, 6) is -0.324. The lowest BCUT2D eigenvalue weighted by Gasteiger charge is -2.49. The van der Waals surface area contributed by atoms with Gasteiger partial charge in [-0.05, 0) is 33.8 Å². The van der Waals surface area contributed by atoms with Crippen LogP contribution in [-0.4, -0.2) is 180 Å². The van der Waals surface area contributed by atoms with Gasteiger partial charge in [0.05, 0.1) is 24.4 Å². The monoisotopic (exact) mass is 709 g/mol. The first-order valence-corrected chi connectivity index (χ1v) is 16.1. The van der Waals surface area contributed by atoms with Gasteiger partial charge in [-0.25, -0.2) is 0 Å². The number of nitrogens with one attached hydrogen (secondary N) is 1. The molecule has 19 heteroatoms. The third-order valence-electron chi connectivity index (χ3n) is 9.33. The number of carbonyl (C=O) groups is 1. The predicted molar refractivity (Wildman–Crippen MR) is 157 cm³/mol. The quantitative estimate of drug-likeness (QED) is 0.109. The van der Waals surface area contributed by atoms with Gasteiger partial charge in [0.25, 0.3) is 0 Å². The van der Waals surface area contributed by atoms with Gasteiger partial charge in [-0.1, -0.05) is 0 Å². The van der Waals surface area contributed by atoms with E-state index in [-0.39, 0.29) is 17.2 Å². The molecule has 0 amide bonds. The van der Waals surface area contributed by atoms with E-state index in [1.165, 1.54) is 46.9 Å². The van der Waals surface area contributed by atoms with Crippen LogP contribution in [0.2, 0.25) is 0 Å². The van der Waals surface area contributed by atoms with Crippen LogP contribution >= 0.6 is 0 Å². The molecule has 4 fully saturated rings. The van der Waals surface area contributed by atoms with E-state index in [1.807, 2.05) is 0 Å². The van der Waals surface area contributed by atoms with Crippen molar-refractivity contribution in [2.45, 2.75) is 157 Å². The van der Waals surface area contributed by atoms with E-state index in [9.17, 15) is 50.8 Å². The fraction of sp³-hybridized carbons (Fsp3) is 0.833. The summed E-state index contributed by atoms with van der Waals surface area (Å²) in [6, 6.07) is 1.44. The van der Waals surface area contributed by atoms with Crippen molar-refractivity contribution in [1.29, 1.82) is 0 Å². The molecule has 4 aliphatic heterocycles. The Hall–Kier alpha value is -1.89. The molecule has 0 aromatic carbocycles. The molecule has 1 aromatic heterocycles. The van der Waals surface area contributed by atoms with Gasteiger partial charge in [0.15, 0.2) is 36.5 Å². The minimum Gasteiger partial charge on any atom is -0.460 e. The first-order valence-electron chi connectivity index (χ1n) is 16.1. The van der Waals surface area contributed by atoms with Crippen molar-refractivity contribution in [1.82, 2.24) is 4.98 Å². The number of hydrogen-bond acceptors (Lipinski definition) is 18. The third kappa shape index (κ3) is 7.68. The Labute approximate surface area is 280 Å². The molecule has 0 spiro atoms. The molecular weight excluding hydrogens is 662 g/mol. The van der Waals surface area contributed by atoms with Gasteiger partial charge in [-0.15, -0.1) is 0 Å². The maximum atomic E-state index is 12.1. The number of aromatic nitrogens is 1. The van der Waals surface area contributed by atoms with Crippen molar-refractivity contribution in [3.05, 3.63) is 18.0 Å². The van der Waals surface area contributed by atoms with Crippen molar-refractivity contribution >= 4 is 5.78 Å². The number of ether oxygens (including phenoxy) is 8. The molecule has 0 aliphatic carbocycles. The Kier molecular flexibility index (Phi) is 12.0. The summed E-state index contributed by atoms with van der Waals surface area (Å²) in [6.07, 6.45) is -28.1. The van der Waals surface area contributed by atoms with Crippen molar-refractivity contribution in [2.24, 2.45) is 0 Å². The number of Topliss-reactive ketones (excluding diaryl/α,β-unsaturated/α-hetero) is 1. The second kappa shape index (κ2) is 15.4. The maximum absolute atomic E-state index is 12.1. The number of aromatic amines is 1. The zero-order valence-electron chi connectivity index (χ0n) is 27.4. The summed E-state index contributed by atoms with van der Waals surface area (Å²) >= 11 is 0. The molecule has 10 N–H and O–H groups in total. The highest BCUT2D eigenvalue weighted by Gasteiger charge is 2.54. The highest BCUT2D eigenvalue weighted by Crippen LogP contribution is 2.35. The lowest BCUT2D eigenvalue weighted by molar-refractivity contribution is -0.383. The number of rotatable bonds is 9. The van der Waals surface area contributed by atoms with E-state index in [0.717, 1.165) is 0 Å². The lowest BCUT2D eigenvalue weighted by Crippen LogP contribution is -2.66. The Balaban J connectivity index is 1.37. The molecule has 1 aromatic rings. The van der Waals surface area contributed by atoms with Crippen molar-refractivity contribution < 1.29 is 88.6 Å². The highest BCUT2D eigenvalue weighted by molar-refractivity contribution is 5.94. The molecule has 0 saturated carbocycles. The molecule has 20 atom stereocenters. The largest absolute Gasteiger partial charge is 0.460 e. The Morgan fingerprint density at radius 2 is 1.00 bits per heavy atom. The van der Waals surface area contributed by atoms with Crippen LogP contribution in [-0.2, 0) is 33.2 Å². The van der Waals surface area contributed by atoms with Gasteiger partial charge in [0.1, 0.15) is 72.8 Å². The van der Waals surface area contributed by atoms with Crippen LogP contribution in [0.5, 0.6) is 5.75 Å². The van der Waals surface area contributed by atoms with Gasteiger partial charge in [-0.3, -0.25) is 4.79 Å². The minimum absolute atomic E-state index is 0.0479. The Bertz CT molecular complexity index is 1250. The molecule has 49 heavy (non-hydrogen) atoms. The van der Waals surface area contributed by atoms with Crippen LogP contribution < -0.4 is 4.74 Å². The molecule has 4 aliphatic rings. The summed E-state index contributed by atoms with van der Waals surface area (Å²) in [5.41, 5.74) is 0.0878. The number of H-pyrrole nitrogens is 1. The molecule has 5 heterocycles. The summed E-state index contributed by atoms with van der Waals surface area (Å²) in [6.45, 7) is 7.11. The summed E-state index contributed by atoms with van der Waals surface area (Å²) in [7, 11) is 0. The van der Waals surface area contributed by atoms with Crippen LogP contribution in [0.15, 0.2) is 12.3 Å². The van der Waals surface area contributed by atoms with Crippen molar-refractivity contribution in [3.63, 3.8) is 0 Å². The van der Waals surface area contributed by atoms with Crippen LogP contribution in [0.4, 0.5) is 0 Å². The average molecular weight is 710 g/mol. The van der Waals surface area contributed by atoms with Gasteiger partial charge in [0.2, 0.25) is 6.29 Å². The lowest BCUT2D eigenvalue weighted by atomic mass is 9.96. The van der Waals surface area contributed by atoms with Crippen molar-refractivity contribution in [3.8, 4) is 5.75 Å². The van der Waals surface area contributed by atoms with Gasteiger partial charge in [-0.2, -0.15) is 0 Å². The summed E-state index contributed by atoms with van der Waals surface area (Å²) in [4.78, 5) is 14.9. The SMILES string of the molecule is CC(=O)c1[nH]ccc1OC1OC(C)[C@@H](O[C@@H]2OC(C)[C@H](O)C(O[C@@H]3OC(C)[C@H](O)C(O)C3O)C2O)C(O)[C@H]1O[C@@H]1OC(C)[C@@H](O)C(O)C1O. The number of ketones is 1. The van der Waals surface area contributed by atoms with E-state index in [2.05, 4.69) is 4.98 Å². The molecule has 12 unspecified atom stereocenters. The van der Waals surface area contributed by atoms with Gasteiger partial charge >= 0.3 is 0 Å². The Morgan fingerprint density at radius 1 is 0.551 bits per heavy atom. The highest BCUT2D eigenvalue weighted by atomic mass is 16.8. The van der Waals surface area contributed by atoms with Crippen LogP contribution in [0, 0.1) is 0 Å². The van der Waals surface area contributed by atoms with Gasteiger partial charge in [0, 0.05) is 13.1 Å². The Morgan fingerprint density at radius 3 is 1.53 bits per heavy atom. The first kappa shape index (κ1) is 38.3. The zero-order valence-corrected chi connectivity index (χ0v) is 27.4. The number of carbonyl (C=O) groups excluding carboxylic acids is 1. The molecular formula is C30H47NO18. The normalized spacial score (nSPS) is 49.4. The van der Waals surface area contributed by atoms with E-state index in [4.69, 9.17) is 37.9 Å². The second-order valence-corrected chi connectivity index (χ2v) is 12.9. The van der Waals surface area contributed by atoms with Crippen LogP contribution in [0.1, 0.15) is 45.1 Å². The second-order valence-electron chi connectivity index (χ2n) is 12.9. The third-order valence-corrected chi connectivity index (χ3v) is 9.33. The van der Waals surface area contributed by atoms with E-state index in [0.29, 0.717) is 0 Å². The summed E-state index contributed by atoms with van der Waals surface area (Å²) in [5, 5.41) is 95.6. The zero-order chi connectivity index (χ0) is 36.1. The minimum atomic E-state index is -1.78. The standard InChI is InChI=1S/C30H47NO18/c1-8(32)14-13(6-7-31-14)46-30-26(49-28-21(39)19(37)16(34)10(3)43-28)22(40)24(12(5)45-30)47-29-23(41)25(17(35)11(4)44-29)48-27-20(38)18(36)15(33)9(2)42-27/h6-7,9-12,15-31,33-41H,1-5H3/t9?,10?,11?,12?,15-,16+,17-,18?,19?,20?,21?,22?,23?,24+,25?,26+,27-,28-,29-,30?/m0/s1. The van der Waals surface area contributed by atoms with Crippen LogP contribution in [0.25, 0.3) is 0 Å². The molecule has 5 rings (SSSR count). The number of aliphatic hydroxyl groups excluding tert-OH is 9. The maximum Gasteiger partial charge on any atom is 0.229 e. The molecule has 4 saturated heterocycles. The topological polar surface area (TPSA) is 289 Å². The van der Waals surface area contributed by atoms with E-state index < -0.39 is 123 Å². The number of aliphatic hydroxyl groups is 9. The smallest absolute Gasteiger partial charge is 0.229 e.